The summed E-state index contributed by atoms with van der Waals surface area (Å²) in [5.41, 5.74) is 6.75. The highest BCUT2D eigenvalue weighted by Crippen LogP contribution is 2.33. The van der Waals surface area contributed by atoms with Gasteiger partial charge in [0.2, 0.25) is 5.91 Å². The zero-order valence-corrected chi connectivity index (χ0v) is 14.9. The van der Waals surface area contributed by atoms with E-state index in [4.69, 9.17) is 10.5 Å². The number of carbonyl (C=O) groups excluding carboxylic acids is 1. The molecule has 1 aliphatic carbocycles. The number of ether oxygens (including phenoxy) is 1. The Balaban J connectivity index is 0.00000264. The summed E-state index contributed by atoms with van der Waals surface area (Å²) in [4.78, 5) is 14.4. The minimum absolute atomic E-state index is 0. The summed E-state index contributed by atoms with van der Waals surface area (Å²) in [5, 5.41) is 9.83. The van der Waals surface area contributed by atoms with Gasteiger partial charge in [0.15, 0.2) is 11.5 Å². The number of benzene rings is 1. The number of amides is 1. The van der Waals surface area contributed by atoms with Crippen molar-refractivity contribution < 1.29 is 14.6 Å². The lowest BCUT2D eigenvalue weighted by Gasteiger charge is -2.39. The number of nitrogens with two attached hydrogens (primary N) is 1. The SMILES string of the molecule is COc1ccc(CN(C)C(=O)C2CCCCC2(C)N)cc1O.Cl. The van der Waals surface area contributed by atoms with Crippen molar-refractivity contribution in [2.75, 3.05) is 14.2 Å². The summed E-state index contributed by atoms with van der Waals surface area (Å²) in [6.45, 7) is 2.42. The number of phenolic OH excluding ortho intramolecular Hbond substituents is 1. The van der Waals surface area contributed by atoms with Crippen molar-refractivity contribution >= 4 is 18.3 Å². The van der Waals surface area contributed by atoms with Crippen molar-refractivity contribution in [2.24, 2.45) is 11.7 Å². The molecule has 1 amide bonds. The van der Waals surface area contributed by atoms with Crippen LogP contribution in [0.5, 0.6) is 11.5 Å². The molecule has 0 aliphatic heterocycles. The van der Waals surface area contributed by atoms with Crippen molar-refractivity contribution in [2.45, 2.75) is 44.7 Å². The monoisotopic (exact) mass is 342 g/mol. The van der Waals surface area contributed by atoms with Crippen molar-refractivity contribution in [1.82, 2.24) is 4.90 Å². The Hall–Kier alpha value is -1.46. The molecule has 0 saturated heterocycles. The minimum Gasteiger partial charge on any atom is -0.504 e. The van der Waals surface area contributed by atoms with E-state index >= 15 is 0 Å². The van der Waals surface area contributed by atoms with E-state index in [0.717, 1.165) is 31.2 Å². The number of carbonyl (C=O) groups is 1. The Morgan fingerprint density at radius 1 is 1.48 bits per heavy atom. The van der Waals surface area contributed by atoms with Crippen LogP contribution in [0.2, 0.25) is 0 Å². The third-order valence-corrected chi connectivity index (χ3v) is 4.59. The summed E-state index contributed by atoms with van der Waals surface area (Å²) in [6.07, 6.45) is 3.89. The number of aromatic hydroxyl groups is 1. The van der Waals surface area contributed by atoms with Gasteiger partial charge >= 0.3 is 0 Å². The maximum Gasteiger partial charge on any atom is 0.227 e. The fourth-order valence-electron chi connectivity index (χ4n) is 3.22. The van der Waals surface area contributed by atoms with Crippen LogP contribution in [-0.2, 0) is 11.3 Å². The molecule has 0 aromatic heterocycles. The highest BCUT2D eigenvalue weighted by atomic mass is 35.5. The van der Waals surface area contributed by atoms with Gasteiger partial charge in [0.05, 0.1) is 13.0 Å². The van der Waals surface area contributed by atoms with Crippen LogP contribution in [0, 0.1) is 5.92 Å². The van der Waals surface area contributed by atoms with Crippen molar-refractivity contribution in [1.29, 1.82) is 0 Å². The smallest absolute Gasteiger partial charge is 0.227 e. The Labute approximate surface area is 144 Å². The predicted molar refractivity (Wildman–Crippen MR) is 92.9 cm³/mol. The second-order valence-electron chi connectivity index (χ2n) is 6.50. The maximum absolute atomic E-state index is 12.7. The van der Waals surface area contributed by atoms with Gasteiger partial charge in [-0.1, -0.05) is 18.9 Å². The fraction of sp³-hybridized carbons (Fsp3) is 0.588. The van der Waals surface area contributed by atoms with Gasteiger partial charge in [-0.05, 0) is 37.5 Å². The summed E-state index contributed by atoms with van der Waals surface area (Å²) in [6, 6.07) is 5.19. The largest absolute Gasteiger partial charge is 0.504 e. The number of phenols is 1. The number of methoxy groups -OCH3 is 1. The second-order valence-corrected chi connectivity index (χ2v) is 6.50. The Bertz CT molecular complexity index is 549. The third kappa shape index (κ3) is 4.52. The highest BCUT2D eigenvalue weighted by Gasteiger charge is 2.39. The van der Waals surface area contributed by atoms with Crippen LogP contribution in [0.1, 0.15) is 38.2 Å². The lowest BCUT2D eigenvalue weighted by Crippen LogP contribution is -2.53. The number of nitrogens with zero attached hydrogens (tertiary/aromatic N) is 1. The first-order valence-corrected chi connectivity index (χ1v) is 7.75. The van der Waals surface area contributed by atoms with Crippen molar-refractivity contribution in [3.8, 4) is 11.5 Å². The van der Waals surface area contributed by atoms with E-state index in [1.807, 2.05) is 13.0 Å². The van der Waals surface area contributed by atoms with Gasteiger partial charge in [-0.15, -0.1) is 12.4 Å². The molecule has 6 heteroatoms. The van der Waals surface area contributed by atoms with Crippen LogP contribution in [0.25, 0.3) is 0 Å². The van der Waals surface area contributed by atoms with Gasteiger partial charge in [0.25, 0.3) is 0 Å². The molecule has 1 saturated carbocycles. The second kappa shape index (κ2) is 7.88. The first kappa shape index (κ1) is 19.6. The van der Waals surface area contributed by atoms with Gasteiger partial charge < -0.3 is 20.5 Å². The third-order valence-electron chi connectivity index (χ3n) is 4.59. The zero-order valence-electron chi connectivity index (χ0n) is 14.0. The minimum atomic E-state index is -0.425. The molecule has 2 unspecified atom stereocenters. The molecule has 23 heavy (non-hydrogen) atoms. The quantitative estimate of drug-likeness (QED) is 0.882. The van der Waals surface area contributed by atoms with Crippen molar-refractivity contribution in [3.05, 3.63) is 23.8 Å². The average Bonchev–Trinajstić information content (AvgIpc) is 2.46. The molecule has 2 rings (SSSR count). The summed E-state index contributed by atoms with van der Waals surface area (Å²) >= 11 is 0. The van der Waals surface area contributed by atoms with Crippen LogP contribution >= 0.6 is 12.4 Å². The molecular formula is C17H27ClN2O3. The first-order valence-electron chi connectivity index (χ1n) is 7.75. The van der Waals surface area contributed by atoms with E-state index in [2.05, 4.69) is 0 Å². The number of rotatable bonds is 4. The summed E-state index contributed by atoms with van der Waals surface area (Å²) in [7, 11) is 3.30. The van der Waals surface area contributed by atoms with Crippen LogP contribution in [0.4, 0.5) is 0 Å². The van der Waals surface area contributed by atoms with Crippen LogP contribution < -0.4 is 10.5 Å². The van der Waals surface area contributed by atoms with E-state index in [1.54, 1.807) is 24.1 Å². The van der Waals surface area contributed by atoms with E-state index in [0.29, 0.717) is 12.3 Å². The average molecular weight is 343 g/mol. The normalized spacial score (nSPS) is 23.7. The van der Waals surface area contributed by atoms with Crippen LogP contribution in [0.3, 0.4) is 0 Å². The van der Waals surface area contributed by atoms with Crippen molar-refractivity contribution in [3.63, 3.8) is 0 Å². The first-order chi connectivity index (χ1) is 10.3. The fourth-order valence-corrected chi connectivity index (χ4v) is 3.22. The number of hydrogen-bond acceptors (Lipinski definition) is 4. The Morgan fingerprint density at radius 2 is 2.17 bits per heavy atom. The van der Waals surface area contributed by atoms with Gasteiger partial charge in [-0.2, -0.15) is 0 Å². The van der Waals surface area contributed by atoms with E-state index in [-0.39, 0.29) is 30.0 Å². The Morgan fingerprint density at radius 3 is 2.74 bits per heavy atom. The molecule has 1 aromatic carbocycles. The van der Waals surface area contributed by atoms with E-state index in [9.17, 15) is 9.90 Å². The topological polar surface area (TPSA) is 75.8 Å². The van der Waals surface area contributed by atoms with Gasteiger partial charge in [-0.3, -0.25) is 4.79 Å². The Kier molecular flexibility index (Phi) is 6.71. The van der Waals surface area contributed by atoms with Crippen LogP contribution in [0.15, 0.2) is 18.2 Å². The molecule has 0 bridgehead atoms. The molecule has 0 radical (unpaired) electrons. The molecular weight excluding hydrogens is 316 g/mol. The molecule has 5 nitrogen and oxygen atoms in total. The molecule has 3 N–H and O–H groups in total. The molecule has 1 aliphatic rings. The number of halogens is 1. The predicted octanol–water partition coefficient (Wildman–Crippen LogP) is 2.69. The standard InChI is InChI=1S/C17H26N2O3.ClH/c1-17(18)9-5-4-6-13(17)16(21)19(2)11-12-7-8-15(22-3)14(20)10-12;/h7-8,10,13,20H,4-6,9,11,18H2,1-3H3;1H. The number of hydrogen-bond donors (Lipinski definition) is 2. The molecule has 1 fully saturated rings. The molecule has 0 heterocycles. The highest BCUT2D eigenvalue weighted by molar-refractivity contribution is 5.85. The molecule has 2 atom stereocenters. The van der Waals surface area contributed by atoms with Crippen LogP contribution in [-0.4, -0.2) is 35.6 Å². The van der Waals surface area contributed by atoms with E-state index < -0.39 is 5.54 Å². The maximum atomic E-state index is 12.7. The zero-order chi connectivity index (χ0) is 16.3. The lowest BCUT2D eigenvalue weighted by molar-refractivity contribution is -0.138. The molecule has 130 valence electrons. The lowest BCUT2D eigenvalue weighted by atomic mass is 9.74. The van der Waals surface area contributed by atoms with Gasteiger partial charge in [0.1, 0.15) is 0 Å². The summed E-state index contributed by atoms with van der Waals surface area (Å²) < 4.78 is 5.03. The van der Waals surface area contributed by atoms with Gasteiger partial charge in [0, 0.05) is 19.1 Å². The molecule has 0 spiro atoms. The van der Waals surface area contributed by atoms with Gasteiger partial charge in [-0.25, -0.2) is 0 Å². The van der Waals surface area contributed by atoms with E-state index in [1.165, 1.54) is 7.11 Å². The molecule has 1 aromatic rings. The summed E-state index contributed by atoms with van der Waals surface area (Å²) in [5.74, 6) is 0.472.